The minimum absolute atomic E-state index is 0.305. The zero-order valence-electron chi connectivity index (χ0n) is 6.50. The second kappa shape index (κ2) is 2.44. The SMILES string of the molecule is CC1(Nc2ncns2)CCC1. The van der Waals surface area contributed by atoms with E-state index in [1.807, 2.05) is 0 Å². The highest BCUT2D eigenvalue weighted by atomic mass is 32.1. The summed E-state index contributed by atoms with van der Waals surface area (Å²) in [5, 5.41) is 4.33. The summed E-state index contributed by atoms with van der Waals surface area (Å²) in [7, 11) is 0. The number of nitrogens with zero attached hydrogens (tertiary/aromatic N) is 2. The predicted molar refractivity (Wildman–Crippen MR) is 45.8 cm³/mol. The first-order valence-corrected chi connectivity index (χ1v) is 4.61. The molecule has 0 saturated heterocycles. The number of nitrogens with one attached hydrogen (secondary N) is 1. The molecule has 0 bridgehead atoms. The molecular weight excluding hydrogens is 158 g/mol. The lowest BCUT2D eigenvalue weighted by Gasteiger charge is -2.38. The van der Waals surface area contributed by atoms with Crippen molar-refractivity contribution in [1.82, 2.24) is 9.36 Å². The van der Waals surface area contributed by atoms with E-state index < -0.39 is 0 Å². The van der Waals surface area contributed by atoms with Gasteiger partial charge >= 0.3 is 0 Å². The molecule has 11 heavy (non-hydrogen) atoms. The second-order valence-corrected chi connectivity index (χ2v) is 4.07. The quantitative estimate of drug-likeness (QED) is 0.734. The molecule has 1 N–H and O–H groups in total. The number of hydrogen-bond acceptors (Lipinski definition) is 4. The Morgan fingerprint density at radius 2 is 2.45 bits per heavy atom. The molecule has 0 aromatic carbocycles. The van der Waals surface area contributed by atoms with Crippen LogP contribution < -0.4 is 5.32 Å². The van der Waals surface area contributed by atoms with Gasteiger partial charge in [0.25, 0.3) is 0 Å². The van der Waals surface area contributed by atoms with E-state index in [1.165, 1.54) is 30.8 Å². The van der Waals surface area contributed by atoms with E-state index in [1.54, 1.807) is 6.33 Å². The van der Waals surface area contributed by atoms with Gasteiger partial charge in [-0.3, -0.25) is 0 Å². The highest BCUT2D eigenvalue weighted by molar-refractivity contribution is 7.09. The molecule has 0 atom stereocenters. The first kappa shape index (κ1) is 7.03. The second-order valence-electron chi connectivity index (χ2n) is 3.29. The molecule has 0 aliphatic heterocycles. The van der Waals surface area contributed by atoms with E-state index >= 15 is 0 Å². The van der Waals surface area contributed by atoms with Crippen molar-refractivity contribution in [2.24, 2.45) is 0 Å². The average Bonchev–Trinajstić information content (AvgIpc) is 2.36. The van der Waals surface area contributed by atoms with Crippen LogP contribution in [0.15, 0.2) is 6.33 Å². The fourth-order valence-electron chi connectivity index (χ4n) is 1.32. The molecule has 60 valence electrons. The Hall–Kier alpha value is -0.640. The van der Waals surface area contributed by atoms with E-state index in [-0.39, 0.29) is 0 Å². The molecule has 0 radical (unpaired) electrons. The zero-order valence-corrected chi connectivity index (χ0v) is 7.32. The first-order chi connectivity index (χ1) is 5.29. The van der Waals surface area contributed by atoms with Crippen LogP contribution in [0.1, 0.15) is 26.2 Å². The molecule has 1 aromatic heterocycles. The Morgan fingerprint density at radius 1 is 1.64 bits per heavy atom. The van der Waals surface area contributed by atoms with Crippen LogP contribution in [0.4, 0.5) is 5.13 Å². The summed E-state index contributed by atoms with van der Waals surface area (Å²) in [6.07, 6.45) is 5.44. The molecule has 0 amide bonds. The monoisotopic (exact) mass is 169 g/mol. The Labute approximate surface area is 70.0 Å². The van der Waals surface area contributed by atoms with Crippen LogP contribution in [0, 0.1) is 0 Å². The maximum Gasteiger partial charge on any atom is 0.202 e. The summed E-state index contributed by atoms with van der Waals surface area (Å²) in [5.41, 5.74) is 0.305. The van der Waals surface area contributed by atoms with Gasteiger partial charge in [-0.2, -0.15) is 4.37 Å². The fourth-order valence-corrected chi connectivity index (χ4v) is 1.90. The summed E-state index contributed by atoms with van der Waals surface area (Å²) in [6.45, 7) is 2.23. The Balaban J connectivity index is 2.00. The van der Waals surface area contributed by atoms with Crippen molar-refractivity contribution in [3.63, 3.8) is 0 Å². The first-order valence-electron chi connectivity index (χ1n) is 3.83. The topological polar surface area (TPSA) is 37.8 Å². The minimum atomic E-state index is 0.305. The van der Waals surface area contributed by atoms with Gasteiger partial charge in [-0.05, 0) is 26.2 Å². The third-order valence-electron chi connectivity index (χ3n) is 2.23. The van der Waals surface area contributed by atoms with Crippen molar-refractivity contribution >= 4 is 16.7 Å². The van der Waals surface area contributed by atoms with Crippen molar-refractivity contribution in [3.05, 3.63) is 6.33 Å². The van der Waals surface area contributed by atoms with E-state index in [0.29, 0.717) is 5.54 Å². The predicted octanol–water partition coefficient (Wildman–Crippen LogP) is 1.89. The molecule has 1 aliphatic rings. The molecule has 1 fully saturated rings. The van der Waals surface area contributed by atoms with Gasteiger partial charge in [0.2, 0.25) is 5.13 Å². The van der Waals surface area contributed by atoms with Crippen molar-refractivity contribution in [2.45, 2.75) is 31.7 Å². The minimum Gasteiger partial charge on any atom is -0.355 e. The largest absolute Gasteiger partial charge is 0.355 e. The smallest absolute Gasteiger partial charge is 0.202 e. The van der Waals surface area contributed by atoms with Crippen LogP contribution in [-0.2, 0) is 0 Å². The summed E-state index contributed by atoms with van der Waals surface area (Å²) >= 11 is 1.43. The van der Waals surface area contributed by atoms with Crippen LogP contribution in [0.5, 0.6) is 0 Å². The lowest BCUT2D eigenvalue weighted by atomic mass is 9.79. The maximum atomic E-state index is 4.08. The van der Waals surface area contributed by atoms with Gasteiger partial charge in [0.1, 0.15) is 6.33 Å². The van der Waals surface area contributed by atoms with Crippen molar-refractivity contribution in [1.29, 1.82) is 0 Å². The number of anilines is 1. The number of rotatable bonds is 2. The number of hydrogen-bond donors (Lipinski definition) is 1. The molecule has 3 nitrogen and oxygen atoms in total. The van der Waals surface area contributed by atoms with E-state index in [2.05, 4.69) is 21.6 Å². The number of aromatic nitrogens is 2. The van der Waals surface area contributed by atoms with Gasteiger partial charge in [0, 0.05) is 17.1 Å². The van der Waals surface area contributed by atoms with Gasteiger partial charge < -0.3 is 5.32 Å². The fraction of sp³-hybridized carbons (Fsp3) is 0.714. The molecule has 1 heterocycles. The molecule has 4 heteroatoms. The van der Waals surface area contributed by atoms with Crippen LogP contribution in [0.25, 0.3) is 0 Å². The molecule has 1 aromatic rings. The van der Waals surface area contributed by atoms with E-state index in [4.69, 9.17) is 0 Å². The van der Waals surface area contributed by atoms with Crippen LogP contribution >= 0.6 is 11.5 Å². The lowest BCUT2D eigenvalue weighted by Crippen LogP contribution is -2.41. The molecule has 0 spiro atoms. The summed E-state index contributed by atoms with van der Waals surface area (Å²) < 4.78 is 3.93. The zero-order chi connectivity index (χ0) is 7.73. The average molecular weight is 169 g/mol. The Kier molecular flexibility index (Phi) is 1.56. The van der Waals surface area contributed by atoms with Gasteiger partial charge in [-0.25, -0.2) is 4.98 Å². The third-order valence-corrected chi connectivity index (χ3v) is 2.81. The Morgan fingerprint density at radius 3 is 2.91 bits per heavy atom. The van der Waals surface area contributed by atoms with Gasteiger partial charge in [-0.1, -0.05) is 0 Å². The van der Waals surface area contributed by atoms with Crippen molar-refractivity contribution < 1.29 is 0 Å². The summed E-state index contributed by atoms with van der Waals surface area (Å²) in [6, 6.07) is 0. The summed E-state index contributed by atoms with van der Waals surface area (Å²) in [5.74, 6) is 0. The molecule has 1 aliphatic carbocycles. The van der Waals surface area contributed by atoms with Gasteiger partial charge in [0.15, 0.2) is 0 Å². The van der Waals surface area contributed by atoms with Crippen LogP contribution in [0.3, 0.4) is 0 Å². The summed E-state index contributed by atoms with van der Waals surface area (Å²) in [4.78, 5) is 4.08. The van der Waals surface area contributed by atoms with E-state index in [9.17, 15) is 0 Å². The highest BCUT2D eigenvalue weighted by Gasteiger charge is 2.31. The maximum absolute atomic E-state index is 4.08. The molecule has 2 rings (SSSR count). The molecule has 0 unspecified atom stereocenters. The molecule has 1 saturated carbocycles. The van der Waals surface area contributed by atoms with Gasteiger partial charge in [0.05, 0.1) is 0 Å². The van der Waals surface area contributed by atoms with Crippen LogP contribution in [-0.4, -0.2) is 14.9 Å². The lowest BCUT2D eigenvalue weighted by molar-refractivity contribution is 0.306. The van der Waals surface area contributed by atoms with Gasteiger partial charge in [-0.15, -0.1) is 0 Å². The molecular formula is C7H11N3S. The van der Waals surface area contributed by atoms with E-state index in [0.717, 1.165) is 5.13 Å². The normalized spacial score (nSPS) is 20.8. The third kappa shape index (κ3) is 1.35. The standard InChI is InChI=1S/C7H11N3S/c1-7(3-2-4-7)10-6-8-5-9-11-6/h5H,2-4H2,1H3,(H,8,9,10). The van der Waals surface area contributed by atoms with Crippen LogP contribution in [0.2, 0.25) is 0 Å². The van der Waals surface area contributed by atoms with Crippen molar-refractivity contribution in [2.75, 3.05) is 5.32 Å². The Bertz CT molecular complexity index is 228. The van der Waals surface area contributed by atoms with Crippen molar-refractivity contribution in [3.8, 4) is 0 Å². The highest BCUT2D eigenvalue weighted by Crippen LogP contribution is 2.34.